The average molecular weight is 124 g/mol. The Labute approximate surface area is 35.5 Å². The van der Waals surface area contributed by atoms with Gasteiger partial charge < -0.3 is 0 Å². The number of halogens is 5. The molecule has 0 bridgehead atoms. The Kier molecular flexibility index (Phi) is 12.8. The molecule has 0 aromatic rings. The maximum atomic E-state index is 9.67. The van der Waals surface area contributed by atoms with E-state index < -0.39 is 6.68 Å². The lowest BCUT2D eigenvalue weighted by molar-refractivity contribution is -0.317. The van der Waals surface area contributed by atoms with Crippen molar-refractivity contribution >= 4 is 0 Å². The van der Waals surface area contributed by atoms with E-state index in [1.807, 2.05) is 0 Å². The van der Waals surface area contributed by atoms with E-state index in [0.29, 0.717) is 0 Å². The van der Waals surface area contributed by atoms with Gasteiger partial charge in [0.15, 0.2) is 0 Å². The minimum atomic E-state index is -3.67. The van der Waals surface area contributed by atoms with Gasteiger partial charge in [-0.15, -0.1) is 0 Å². The van der Waals surface area contributed by atoms with Gasteiger partial charge in [0.2, 0.25) is 0 Å². The molecular weight excluding hydrogens is 123 g/mol. The minimum Gasteiger partial charge on any atom is -0.174 e. The van der Waals surface area contributed by atoms with Crippen molar-refractivity contribution in [2.75, 3.05) is 0 Å². The second kappa shape index (κ2) is 9.15. The van der Waals surface area contributed by atoms with Gasteiger partial charge in [0.25, 0.3) is 0 Å². The third-order valence-electron chi connectivity index (χ3n) is 0. The molecule has 0 aromatic carbocycles. The maximum Gasteiger partial charge on any atom is 0.379 e. The molecule has 0 saturated heterocycles. The summed E-state index contributed by atoms with van der Waals surface area (Å²) in [4.78, 5) is 0. The van der Waals surface area contributed by atoms with Crippen LogP contribution in [0.1, 0.15) is 0 Å². The predicted octanol–water partition coefficient (Wildman–Crippen LogP) is 1.95. The second-order valence-corrected chi connectivity index (χ2v) is 0.306. The van der Waals surface area contributed by atoms with E-state index in [0.717, 1.165) is 0 Å². The summed E-state index contributed by atoms with van der Waals surface area (Å²) >= 11 is 0. The highest BCUT2D eigenvalue weighted by molar-refractivity contribution is 3.83. The zero-order chi connectivity index (χ0) is 6.28. The third kappa shape index (κ3) is 481. The highest BCUT2D eigenvalue weighted by atomic mass is 19.6. The molecular formula is CHF5O. The zero-order valence-electron chi connectivity index (χ0n) is 2.88. The van der Waals surface area contributed by atoms with E-state index in [-0.39, 0.29) is 0 Å². The Morgan fingerprint density at radius 1 is 1.00 bits per heavy atom. The molecule has 7 heavy (non-hydrogen) atoms. The predicted molar refractivity (Wildman–Crippen MR) is 10.4 cm³/mol. The summed E-state index contributed by atoms with van der Waals surface area (Å²) in [5.74, 6) is 0. The van der Waals surface area contributed by atoms with Crippen LogP contribution in [0.2, 0.25) is 0 Å². The molecule has 0 aliphatic heterocycles. The lowest BCUT2D eigenvalue weighted by Gasteiger charge is -1.65. The molecule has 0 spiro atoms. The smallest absolute Gasteiger partial charge is 0.174 e. The van der Waals surface area contributed by atoms with Crippen LogP contribution in [0.15, 0.2) is 0 Å². The Balaban J connectivity index is 0. The van der Waals surface area contributed by atoms with E-state index in [4.69, 9.17) is 9.05 Å². The van der Waals surface area contributed by atoms with Gasteiger partial charge >= 0.3 is 6.68 Å². The molecule has 0 rings (SSSR count). The summed E-state index contributed by atoms with van der Waals surface area (Å²) in [6, 6.07) is 0. The van der Waals surface area contributed by atoms with Crippen LogP contribution in [-0.2, 0) is 5.15 Å². The van der Waals surface area contributed by atoms with E-state index in [1.54, 1.807) is 0 Å². The van der Waals surface area contributed by atoms with Crippen molar-refractivity contribution < 1.29 is 27.4 Å². The van der Waals surface area contributed by atoms with Crippen LogP contribution in [0.3, 0.4) is 0 Å². The van der Waals surface area contributed by atoms with Crippen LogP contribution in [-0.4, -0.2) is 6.68 Å². The Hall–Kier alpha value is -0.390. The zero-order valence-corrected chi connectivity index (χ0v) is 2.88. The summed E-state index contributed by atoms with van der Waals surface area (Å²) in [7, 11) is 0. The molecule has 0 N–H and O–H groups in total. The molecule has 0 fully saturated rings. The Morgan fingerprint density at radius 3 is 1.00 bits per heavy atom. The van der Waals surface area contributed by atoms with Crippen LogP contribution in [0.4, 0.5) is 22.2 Å². The quantitative estimate of drug-likeness (QED) is 0.448. The molecule has 0 aliphatic rings. The highest BCUT2D eigenvalue weighted by Crippen LogP contribution is 1.87. The van der Waals surface area contributed by atoms with Gasteiger partial charge in [-0.25, -0.2) is 0 Å². The SMILES string of the molecule is FC(F)F.FOF. The summed E-state index contributed by atoms with van der Waals surface area (Å²) < 4.78 is 47.2. The Bertz CT molecular complexity index is 19.3. The molecule has 0 radical (unpaired) electrons. The van der Waals surface area contributed by atoms with Crippen molar-refractivity contribution in [3.05, 3.63) is 0 Å². The van der Waals surface area contributed by atoms with Gasteiger partial charge in [0.05, 0.1) is 0 Å². The van der Waals surface area contributed by atoms with E-state index in [1.165, 1.54) is 5.15 Å². The summed E-state index contributed by atoms with van der Waals surface area (Å²) in [6.45, 7) is -3.67. The molecule has 0 atom stereocenters. The van der Waals surface area contributed by atoms with Crippen LogP contribution in [0, 0.1) is 0 Å². The molecule has 0 unspecified atom stereocenters. The van der Waals surface area contributed by atoms with E-state index in [2.05, 4.69) is 0 Å². The monoisotopic (exact) mass is 124 g/mol. The normalized spacial score (nSPS) is 7.71. The maximum absolute atomic E-state index is 9.67. The van der Waals surface area contributed by atoms with Crippen molar-refractivity contribution in [3.8, 4) is 0 Å². The molecule has 0 amide bonds. The van der Waals surface area contributed by atoms with Gasteiger partial charge in [-0.05, 0) is 9.05 Å². The Morgan fingerprint density at radius 2 is 1.00 bits per heavy atom. The van der Waals surface area contributed by atoms with Crippen LogP contribution < -0.4 is 0 Å². The van der Waals surface area contributed by atoms with Crippen LogP contribution >= 0.6 is 0 Å². The summed E-state index contributed by atoms with van der Waals surface area (Å²) in [5, 5.41) is 1.25. The number of hydrogen-bond donors (Lipinski definition) is 0. The molecule has 0 aromatic heterocycles. The first-order valence-corrected chi connectivity index (χ1v) is 0.963. The standard InChI is InChI=1S/CHF3.F2O/c2-1(3)4;1-3-2/h1H;. The first kappa shape index (κ1) is 9.79. The minimum absolute atomic E-state index is 1.25. The molecule has 0 aliphatic carbocycles. The van der Waals surface area contributed by atoms with Gasteiger partial charge in [-0.1, -0.05) is 0 Å². The summed E-state index contributed by atoms with van der Waals surface area (Å²) in [6.07, 6.45) is 0. The van der Waals surface area contributed by atoms with Gasteiger partial charge in [-0.3, -0.25) is 0 Å². The van der Waals surface area contributed by atoms with Crippen molar-refractivity contribution in [2.24, 2.45) is 0 Å². The third-order valence-corrected chi connectivity index (χ3v) is 0. The molecule has 0 heterocycles. The largest absolute Gasteiger partial charge is 0.379 e. The first-order chi connectivity index (χ1) is 3.15. The molecule has 46 valence electrons. The fraction of sp³-hybridized carbons (Fsp3) is 1.00. The molecule has 1 nitrogen and oxygen atoms in total. The van der Waals surface area contributed by atoms with Gasteiger partial charge in [0.1, 0.15) is 0 Å². The van der Waals surface area contributed by atoms with Crippen molar-refractivity contribution in [2.45, 2.75) is 6.68 Å². The van der Waals surface area contributed by atoms with Crippen LogP contribution in [0.25, 0.3) is 0 Å². The lowest BCUT2D eigenvalue weighted by Crippen LogP contribution is -1.65. The average Bonchev–Trinajstić information content (AvgIpc) is 1.33. The topological polar surface area (TPSA) is 9.23 Å². The van der Waals surface area contributed by atoms with Crippen molar-refractivity contribution in [3.63, 3.8) is 0 Å². The summed E-state index contributed by atoms with van der Waals surface area (Å²) in [5.41, 5.74) is 0. The van der Waals surface area contributed by atoms with Crippen molar-refractivity contribution in [1.82, 2.24) is 0 Å². The molecule has 0 saturated carbocycles. The second-order valence-electron chi connectivity index (χ2n) is 0.306. The number of rotatable bonds is 0. The van der Waals surface area contributed by atoms with E-state index in [9.17, 15) is 13.2 Å². The van der Waals surface area contributed by atoms with Crippen LogP contribution in [0.5, 0.6) is 0 Å². The van der Waals surface area contributed by atoms with Crippen molar-refractivity contribution in [1.29, 1.82) is 0 Å². The number of hydrogen-bond acceptors (Lipinski definition) is 1. The molecule has 6 heteroatoms. The van der Waals surface area contributed by atoms with E-state index >= 15 is 0 Å². The van der Waals surface area contributed by atoms with Gasteiger partial charge in [-0.2, -0.15) is 13.2 Å². The number of alkyl halides is 3. The highest BCUT2D eigenvalue weighted by Gasteiger charge is 1.86. The lowest BCUT2D eigenvalue weighted by atomic mass is 11.6. The first-order valence-electron chi connectivity index (χ1n) is 0.963. The van der Waals surface area contributed by atoms with Gasteiger partial charge in [0, 0.05) is 5.15 Å². The fourth-order valence-electron chi connectivity index (χ4n) is 0. The fourth-order valence-corrected chi connectivity index (χ4v) is 0.